The molecule has 2 unspecified atom stereocenters. The van der Waals surface area contributed by atoms with E-state index in [1.165, 1.54) is 12.8 Å². The number of carbonyl (C=O) groups is 1. The molecule has 1 aliphatic rings. The van der Waals surface area contributed by atoms with E-state index in [9.17, 15) is 4.79 Å². The van der Waals surface area contributed by atoms with Crippen LogP contribution in [0.5, 0.6) is 0 Å². The van der Waals surface area contributed by atoms with Crippen molar-refractivity contribution in [2.45, 2.75) is 45.2 Å². The average Bonchev–Trinajstić information content (AvgIpc) is 3.21. The fourth-order valence-electron chi connectivity index (χ4n) is 2.35. The number of hydrogen-bond donors (Lipinski definition) is 2. The molecule has 0 bridgehead atoms. The highest BCUT2D eigenvalue weighted by Crippen LogP contribution is 2.35. The monoisotopic (exact) mass is 271 g/mol. The van der Waals surface area contributed by atoms with Crippen LogP contribution in [0.2, 0.25) is 0 Å². The van der Waals surface area contributed by atoms with Gasteiger partial charge in [-0.3, -0.25) is 9.69 Å². The van der Waals surface area contributed by atoms with Crippen LogP contribution in [-0.4, -0.2) is 56.2 Å². The normalized spacial score (nSPS) is 18.5. The number of methoxy groups -OCH3 is 1. The standard InChI is InChI=1S/C14H29N3O2/c1-4-7-16-13(14(15)18)10-17(8-9-19-3)11(2)12-5-6-12/h11-13,16H,4-10H2,1-3H3,(H2,15,18). The van der Waals surface area contributed by atoms with Crippen molar-refractivity contribution < 1.29 is 9.53 Å². The molecule has 0 saturated heterocycles. The molecule has 5 nitrogen and oxygen atoms in total. The second kappa shape index (κ2) is 8.51. The topological polar surface area (TPSA) is 67.6 Å². The fraction of sp³-hybridized carbons (Fsp3) is 0.929. The van der Waals surface area contributed by atoms with Gasteiger partial charge in [-0.15, -0.1) is 0 Å². The third-order valence-corrected chi connectivity index (χ3v) is 3.86. The summed E-state index contributed by atoms with van der Waals surface area (Å²) in [5.41, 5.74) is 5.49. The SMILES string of the molecule is CCCNC(CN(CCOC)C(C)C1CC1)C(N)=O. The maximum atomic E-state index is 11.5. The number of nitrogens with zero attached hydrogens (tertiary/aromatic N) is 1. The van der Waals surface area contributed by atoms with Crippen molar-refractivity contribution in [3.8, 4) is 0 Å². The van der Waals surface area contributed by atoms with Crippen molar-refractivity contribution in [1.82, 2.24) is 10.2 Å². The van der Waals surface area contributed by atoms with E-state index in [1.54, 1.807) is 7.11 Å². The van der Waals surface area contributed by atoms with Crippen molar-refractivity contribution in [3.05, 3.63) is 0 Å². The van der Waals surface area contributed by atoms with Gasteiger partial charge in [-0.05, 0) is 38.6 Å². The Labute approximate surface area is 116 Å². The maximum Gasteiger partial charge on any atom is 0.235 e. The smallest absolute Gasteiger partial charge is 0.235 e. The molecule has 1 rings (SSSR count). The van der Waals surface area contributed by atoms with Crippen LogP contribution < -0.4 is 11.1 Å². The summed E-state index contributed by atoms with van der Waals surface area (Å²) in [7, 11) is 1.71. The molecule has 1 saturated carbocycles. The van der Waals surface area contributed by atoms with Crippen molar-refractivity contribution in [1.29, 1.82) is 0 Å². The van der Waals surface area contributed by atoms with Gasteiger partial charge in [-0.1, -0.05) is 6.92 Å². The van der Waals surface area contributed by atoms with Gasteiger partial charge in [0.05, 0.1) is 12.6 Å². The van der Waals surface area contributed by atoms with Crippen molar-refractivity contribution in [2.24, 2.45) is 11.7 Å². The first-order chi connectivity index (χ1) is 9.10. The molecule has 0 spiro atoms. The summed E-state index contributed by atoms with van der Waals surface area (Å²) in [4.78, 5) is 13.9. The minimum Gasteiger partial charge on any atom is -0.383 e. The molecule has 1 amide bonds. The van der Waals surface area contributed by atoms with Crippen molar-refractivity contribution >= 4 is 5.91 Å². The van der Waals surface area contributed by atoms with Gasteiger partial charge in [0.2, 0.25) is 5.91 Å². The molecule has 0 aromatic rings. The Morgan fingerprint density at radius 3 is 2.68 bits per heavy atom. The number of hydrogen-bond acceptors (Lipinski definition) is 4. The molecule has 2 atom stereocenters. The number of nitrogens with two attached hydrogens (primary N) is 1. The Morgan fingerprint density at radius 1 is 1.53 bits per heavy atom. The molecule has 19 heavy (non-hydrogen) atoms. The quantitative estimate of drug-likeness (QED) is 0.577. The van der Waals surface area contributed by atoms with Gasteiger partial charge in [0, 0.05) is 26.2 Å². The average molecular weight is 271 g/mol. The molecule has 112 valence electrons. The van der Waals surface area contributed by atoms with Gasteiger partial charge >= 0.3 is 0 Å². The highest BCUT2D eigenvalue weighted by molar-refractivity contribution is 5.80. The Balaban J connectivity index is 2.53. The third kappa shape index (κ3) is 5.89. The Morgan fingerprint density at radius 2 is 2.21 bits per heavy atom. The van der Waals surface area contributed by atoms with E-state index >= 15 is 0 Å². The second-order valence-electron chi connectivity index (χ2n) is 5.47. The molecular formula is C14H29N3O2. The number of ether oxygens (including phenoxy) is 1. The first kappa shape index (κ1) is 16.4. The molecule has 0 aliphatic heterocycles. The molecule has 5 heteroatoms. The number of amides is 1. The third-order valence-electron chi connectivity index (χ3n) is 3.86. The summed E-state index contributed by atoms with van der Waals surface area (Å²) >= 11 is 0. The molecule has 0 heterocycles. The summed E-state index contributed by atoms with van der Waals surface area (Å²) in [6, 6.07) is 0.235. The van der Waals surface area contributed by atoms with E-state index in [-0.39, 0.29) is 11.9 Å². The zero-order valence-electron chi connectivity index (χ0n) is 12.5. The molecule has 0 radical (unpaired) electrons. The lowest BCUT2D eigenvalue weighted by atomic mass is 10.1. The van der Waals surface area contributed by atoms with E-state index in [0.29, 0.717) is 19.2 Å². The zero-order chi connectivity index (χ0) is 14.3. The van der Waals surface area contributed by atoms with E-state index in [1.807, 2.05) is 0 Å². The number of nitrogens with one attached hydrogen (secondary N) is 1. The first-order valence-corrected chi connectivity index (χ1v) is 7.35. The van der Waals surface area contributed by atoms with Crippen molar-refractivity contribution in [3.63, 3.8) is 0 Å². The predicted molar refractivity (Wildman–Crippen MR) is 76.9 cm³/mol. The number of rotatable bonds is 11. The summed E-state index contributed by atoms with van der Waals surface area (Å²) in [5.74, 6) is 0.510. The zero-order valence-corrected chi connectivity index (χ0v) is 12.5. The van der Waals surface area contributed by atoms with Crippen LogP contribution in [-0.2, 0) is 9.53 Å². The lowest BCUT2D eigenvalue weighted by Gasteiger charge is -2.32. The van der Waals surface area contributed by atoms with Crippen LogP contribution in [0.25, 0.3) is 0 Å². The van der Waals surface area contributed by atoms with E-state index in [4.69, 9.17) is 10.5 Å². The molecule has 0 aromatic heterocycles. The highest BCUT2D eigenvalue weighted by atomic mass is 16.5. The summed E-state index contributed by atoms with van der Waals surface area (Å²) < 4.78 is 5.17. The van der Waals surface area contributed by atoms with Gasteiger partial charge in [-0.2, -0.15) is 0 Å². The second-order valence-corrected chi connectivity index (χ2v) is 5.47. The Bertz CT molecular complexity index is 269. The highest BCUT2D eigenvalue weighted by Gasteiger charge is 2.33. The van der Waals surface area contributed by atoms with Gasteiger partial charge in [-0.25, -0.2) is 0 Å². The van der Waals surface area contributed by atoms with Crippen LogP contribution in [0.4, 0.5) is 0 Å². The summed E-state index contributed by atoms with van der Waals surface area (Å²) in [5, 5.41) is 3.23. The summed E-state index contributed by atoms with van der Waals surface area (Å²) in [6.07, 6.45) is 3.60. The van der Waals surface area contributed by atoms with Gasteiger partial charge < -0.3 is 15.8 Å². The molecule has 0 aromatic carbocycles. The lowest BCUT2D eigenvalue weighted by molar-refractivity contribution is -0.120. The van der Waals surface area contributed by atoms with Crippen molar-refractivity contribution in [2.75, 3.05) is 33.4 Å². The summed E-state index contributed by atoms with van der Waals surface area (Å²) in [6.45, 7) is 7.37. The van der Waals surface area contributed by atoms with Crippen LogP contribution in [0, 0.1) is 5.92 Å². The van der Waals surface area contributed by atoms with E-state index in [2.05, 4.69) is 24.1 Å². The largest absolute Gasteiger partial charge is 0.383 e. The predicted octanol–water partition coefficient (Wildman–Crippen LogP) is 0.587. The van der Waals surface area contributed by atoms with Crippen LogP contribution in [0.1, 0.15) is 33.1 Å². The van der Waals surface area contributed by atoms with Gasteiger partial charge in [0.15, 0.2) is 0 Å². The van der Waals surface area contributed by atoms with Gasteiger partial charge in [0.25, 0.3) is 0 Å². The Hall–Kier alpha value is -0.650. The molecule has 1 aliphatic carbocycles. The maximum absolute atomic E-state index is 11.5. The number of carbonyl (C=O) groups excluding carboxylic acids is 1. The molecule has 3 N–H and O–H groups in total. The molecular weight excluding hydrogens is 242 g/mol. The minimum atomic E-state index is -0.266. The number of primary amides is 1. The van der Waals surface area contributed by atoms with E-state index < -0.39 is 0 Å². The van der Waals surface area contributed by atoms with Crippen LogP contribution in [0.3, 0.4) is 0 Å². The minimum absolute atomic E-state index is 0.265. The van der Waals surface area contributed by atoms with E-state index in [0.717, 1.165) is 25.4 Å². The van der Waals surface area contributed by atoms with Crippen LogP contribution in [0.15, 0.2) is 0 Å². The first-order valence-electron chi connectivity index (χ1n) is 7.35. The molecule has 1 fully saturated rings. The fourth-order valence-corrected chi connectivity index (χ4v) is 2.35. The lowest BCUT2D eigenvalue weighted by Crippen LogP contribution is -2.52. The van der Waals surface area contributed by atoms with Gasteiger partial charge in [0.1, 0.15) is 0 Å². The van der Waals surface area contributed by atoms with Crippen LogP contribution >= 0.6 is 0 Å². The Kier molecular flexibility index (Phi) is 7.34.